The van der Waals surface area contributed by atoms with Gasteiger partial charge >= 0.3 is 0 Å². The first-order valence-corrected chi connectivity index (χ1v) is 7.51. The quantitative estimate of drug-likeness (QED) is 0.876. The van der Waals surface area contributed by atoms with E-state index in [1.54, 1.807) is 18.2 Å². The summed E-state index contributed by atoms with van der Waals surface area (Å²) in [5, 5.41) is 3.37. The summed E-state index contributed by atoms with van der Waals surface area (Å²) in [6.45, 7) is 3.88. The van der Waals surface area contributed by atoms with Crippen molar-refractivity contribution in [3.63, 3.8) is 0 Å². The van der Waals surface area contributed by atoms with Crippen LogP contribution in [0.1, 0.15) is 19.8 Å². The van der Waals surface area contributed by atoms with Crippen molar-refractivity contribution < 1.29 is 14.3 Å². The topological polar surface area (TPSA) is 73.6 Å². The Morgan fingerprint density at radius 2 is 2.19 bits per heavy atom. The molecule has 1 fully saturated rings. The molecule has 0 atom stereocenters. The van der Waals surface area contributed by atoms with E-state index in [9.17, 15) is 4.79 Å². The van der Waals surface area contributed by atoms with Crippen LogP contribution < -0.4 is 15.8 Å². The average Bonchev–Trinajstić information content (AvgIpc) is 2.50. The Bertz CT molecular complexity index is 502. The van der Waals surface area contributed by atoms with Crippen molar-refractivity contribution in [1.29, 1.82) is 0 Å². The molecule has 0 bridgehead atoms. The molecule has 1 aromatic rings. The number of nitrogens with two attached hydrogens (primary N) is 1. The minimum Gasteiger partial charge on any atom is -0.492 e. The molecular formula is C15H21ClN2O3. The molecule has 1 amide bonds. The molecule has 3 N–H and O–H groups in total. The predicted molar refractivity (Wildman–Crippen MR) is 82.8 cm³/mol. The van der Waals surface area contributed by atoms with Crippen molar-refractivity contribution in [2.24, 2.45) is 11.1 Å². The van der Waals surface area contributed by atoms with Crippen LogP contribution in [0.25, 0.3) is 0 Å². The smallest absolute Gasteiger partial charge is 0.232 e. The van der Waals surface area contributed by atoms with Crippen LogP contribution in [0, 0.1) is 5.41 Å². The monoisotopic (exact) mass is 312 g/mol. The van der Waals surface area contributed by atoms with Crippen LogP contribution in [0.3, 0.4) is 0 Å². The molecule has 6 heteroatoms. The first-order valence-electron chi connectivity index (χ1n) is 7.13. The minimum atomic E-state index is -0.552. The summed E-state index contributed by atoms with van der Waals surface area (Å²) < 4.78 is 10.7. The number of nitrogens with one attached hydrogen (secondary N) is 1. The highest BCUT2D eigenvalue weighted by molar-refractivity contribution is 6.32. The zero-order valence-electron chi connectivity index (χ0n) is 12.2. The molecule has 1 saturated heterocycles. The molecule has 21 heavy (non-hydrogen) atoms. The number of amides is 1. The van der Waals surface area contributed by atoms with E-state index in [1.807, 2.05) is 6.92 Å². The number of carbonyl (C=O) groups excluding carboxylic acids is 1. The Morgan fingerprint density at radius 1 is 1.48 bits per heavy atom. The maximum Gasteiger partial charge on any atom is 0.232 e. The lowest BCUT2D eigenvalue weighted by Gasteiger charge is -2.34. The maximum absolute atomic E-state index is 12.5. The molecule has 0 saturated carbocycles. The van der Waals surface area contributed by atoms with Gasteiger partial charge in [-0.15, -0.1) is 0 Å². The summed E-state index contributed by atoms with van der Waals surface area (Å²) in [5.41, 5.74) is 5.92. The fraction of sp³-hybridized carbons (Fsp3) is 0.533. The van der Waals surface area contributed by atoms with E-state index in [1.165, 1.54) is 0 Å². The first kappa shape index (κ1) is 16.1. The average molecular weight is 313 g/mol. The van der Waals surface area contributed by atoms with E-state index in [4.69, 9.17) is 26.8 Å². The predicted octanol–water partition coefficient (Wildman–Crippen LogP) is 2.43. The summed E-state index contributed by atoms with van der Waals surface area (Å²) in [6, 6.07) is 5.22. The van der Waals surface area contributed by atoms with Gasteiger partial charge < -0.3 is 20.5 Å². The number of ether oxygens (including phenoxy) is 2. The number of hydrogen-bond donors (Lipinski definition) is 2. The van der Waals surface area contributed by atoms with Crippen LogP contribution in [0.15, 0.2) is 18.2 Å². The third kappa shape index (κ3) is 3.67. The number of anilines is 1. The lowest BCUT2D eigenvalue weighted by Crippen LogP contribution is -2.46. The van der Waals surface area contributed by atoms with Crippen LogP contribution >= 0.6 is 11.6 Å². The van der Waals surface area contributed by atoms with Gasteiger partial charge in [-0.25, -0.2) is 0 Å². The van der Waals surface area contributed by atoms with E-state index >= 15 is 0 Å². The lowest BCUT2D eigenvalue weighted by atomic mass is 9.79. The van der Waals surface area contributed by atoms with Crippen LogP contribution in [-0.2, 0) is 9.53 Å². The summed E-state index contributed by atoms with van der Waals surface area (Å²) in [7, 11) is 0. The fourth-order valence-corrected chi connectivity index (χ4v) is 2.64. The van der Waals surface area contributed by atoms with Crippen molar-refractivity contribution in [3.8, 4) is 5.75 Å². The molecule has 116 valence electrons. The molecule has 0 spiro atoms. The fourth-order valence-electron chi connectivity index (χ4n) is 2.40. The van der Waals surface area contributed by atoms with Gasteiger partial charge in [-0.05, 0) is 38.0 Å². The van der Waals surface area contributed by atoms with Gasteiger partial charge in [-0.2, -0.15) is 0 Å². The molecule has 1 heterocycles. The minimum absolute atomic E-state index is 0.0754. The van der Waals surface area contributed by atoms with Crippen molar-refractivity contribution in [2.75, 3.05) is 31.7 Å². The number of carbonyl (C=O) groups is 1. The largest absolute Gasteiger partial charge is 0.492 e. The third-order valence-electron chi connectivity index (χ3n) is 3.81. The third-order valence-corrected chi connectivity index (χ3v) is 4.11. The maximum atomic E-state index is 12.5. The Kier molecular flexibility index (Phi) is 5.45. The molecule has 0 aromatic heterocycles. The van der Waals surface area contributed by atoms with Crippen molar-refractivity contribution >= 4 is 23.2 Å². The Hall–Kier alpha value is -1.30. The van der Waals surface area contributed by atoms with Gasteiger partial charge in [-0.1, -0.05) is 11.6 Å². The number of rotatable bonds is 5. The number of hydrogen-bond acceptors (Lipinski definition) is 4. The van der Waals surface area contributed by atoms with Gasteiger partial charge in [0.2, 0.25) is 5.91 Å². The highest BCUT2D eigenvalue weighted by atomic mass is 35.5. The van der Waals surface area contributed by atoms with Crippen molar-refractivity contribution in [2.45, 2.75) is 19.8 Å². The van der Waals surface area contributed by atoms with Crippen LogP contribution in [-0.4, -0.2) is 32.3 Å². The number of benzene rings is 1. The zero-order valence-corrected chi connectivity index (χ0v) is 12.9. The standard InChI is InChI=1S/C15H21ClN2O3/c1-2-21-13-4-3-11(9-12(13)16)18-14(19)15(10-17)5-7-20-8-6-15/h3-4,9H,2,5-8,10,17H2,1H3,(H,18,19). The van der Waals surface area contributed by atoms with E-state index in [0.717, 1.165) is 0 Å². The molecule has 0 aliphatic carbocycles. The Balaban J connectivity index is 2.09. The molecule has 2 rings (SSSR count). The van der Waals surface area contributed by atoms with Crippen LogP contribution in [0.5, 0.6) is 5.75 Å². The molecule has 1 aliphatic rings. The Labute approximate surface area is 129 Å². The lowest BCUT2D eigenvalue weighted by molar-refractivity contribution is -0.130. The SMILES string of the molecule is CCOc1ccc(NC(=O)C2(CN)CCOCC2)cc1Cl. The molecule has 1 aromatic carbocycles. The summed E-state index contributed by atoms with van der Waals surface area (Å²) in [6.07, 6.45) is 1.28. The molecule has 5 nitrogen and oxygen atoms in total. The van der Waals surface area contributed by atoms with E-state index in [-0.39, 0.29) is 5.91 Å². The summed E-state index contributed by atoms with van der Waals surface area (Å²) in [4.78, 5) is 12.5. The van der Waals surface area contributed by atoms with Gasteiger partial charge in [0.1, 0.15) is 5.75 Å². The van der Waals surface area contributed by atoms with E-state index in [0.29, 0.717) is 55.7 Å². The van der Waals surface area contributed by atoms with Gasteiger partial charge in [0.15, 0.2) is 0 Å². The van der Waals surface area contributed by atoms with E-state index in [2.05, 4.69) is 5.32 Å². The van der Waals surface area contributed by atoms with E-state index < -0.39 is 5.41 Å². The van der Waals surface area contributed by atoms with Gasteiger partial charge in [0.05, 0.1) is 17.0 Å². The molecular weight excluding hydrogens is 292 g/mol. The molecule has 0 unspecified atom stereocenters. The highest BCUT2D eigenvalue weighted by Gasteiger charge is 2.38. The molecule has 1 aliphatic heterocycles. The van der Waals surface area contributed by atoms with Crippen LogP contribution in [0.2, 0.25) is 5.02 Å². The second-order valence-corrected chi connectivity index (χ2v) is 5.54. The highest BCUT2D eigenvalue weighted by Crippen LogP contribution is 2.32. The Morgan fingerprint density at radius 3 is 2.76 bits per heavy atom. The zero-order chi connectivity index (χ0) is 15.3. The van der Waals surface area contributed by atoms with Gasteiger partial charge in [0.25, 0.3) is 0 Å². The summed E-state index contributed by atoms with van der Waals surface area (Å²) >= 11 is 6.12. The second kappa shape index (κ2) is 7.11. The normalized spacial score (nSPS) is 17.3. The van der Waals surface area contributed by atoms with Gasteiger partial charge in [-0.3, -0.25) is 4.79 Å². The first-order chi connectivity index (χ1) is 10.1. The summed E-state index contributed by atoms with van der Waals surface area (Å²) in [5.74, 6) is 0.533. The van der Waals surface area contributed by atoms with Crippen LogP contribution in [0.4, 0.5) is 5.69 Å². The molecule has 0 radical (unpaired) electrons. The van der Waals surface area contributed by atoms with Crippen molar-refractivity contribution in [3.05, 3.63) is 23.2 Å². The number of halogens is 1. The van der Waals surface area contributed by atoms with Crippen molar-refractivity contribution in [1.82, 2.24) is 0 Å². The second-order valence-electron chi connectivity index (χ2n) is 5.13. The van der Waals surface area contributed by atoms with Gasteiger partial charge in [0, 0.05) is 25.4 Å².